The van der Waals surface area contributed by atoms with Gasteiger partial charge in [0.2, 0.25) is 0 Å². The highest BCUT2D eigenvalue weighted by Crippen LogP contribution is 2.46. The number of ether oxygens (including phenoxy) is 4. The molecule has 8 nitrogen and oxygen atoms in total. The second-order valence-corrected chi connectivity index (χ2v) is 9.09. The quantitative estimate of drug-likeness (QED) is 0.198. The van der Waals surface area contributed by atoms with Gasteiger partial charge in [0.15, 0.2) is 0 Å². The molecule has 0 saturated carbocycles. The average Bonchev–Trinajstić information content (AvgIpc) is 2.83. The van der Waals surface area contributed by atoms with Crippen LogP contribution in [0, 0.1) is 5.92 Å². The maximum atomic E-state index is 14.1. The monoisotopic (exact) mass is 560 g/mol. The van der Waals surface area contributed by atoms with Crippen LogP contribution in [0.2, 0.25) is 0 Å². The number of carbonyl (C=O) groups is 4. The highest BCUT2D eigenvalue weighted by atomic mass is 19.4. The van der Waals surface area contributed by atoms with Crippen molar-refractivity contribution in [2.45, 2.75) is 40.8 Å². The number of carbonyl (C=O) groups excluding carboxylic acids is 4. The fourth-order valence-corrected chi connectivity index (χ4v) is 2.83. The van der Waals surface area contributed by atoms with Crippen molar-refractivity contribution < 1.29 is 51.3 Å². The molecule has 0 bridgehead atoms. The van der Waals surface area contributed by atoms with Gasteiger partial charge in [-0.2, -0.15) is 13.2 Å². The first kappa shape index (κ1) is 31.5. The van der Waals surface area contributed by atoms with Crippen LogP contribution in [-0.4, -0.2) is 23.9 Å². The zero-order valence-electron chi connectivity index (χ0n) is 22.5. The van der Waals surface area contributed by atoms with Crippen molar-refractivity contribution in [1.82, 2.24) is 0 Å². The number of alkyl halides is 3. The summed E-state index contributed by atoms with van der Waals surface area (Å²) >= 11 is 0. The normalized spacial score (nSPS) is 10.9. The van der Waals surface area contributed by atoms with Gasteiger partial charge >= 0.3 is 30.1 Å². The number of benzene rings is 2. The maximum Gasteiger partial charge on any atom is 0.420 e. The molecule has 0 aromatic heterocycles. The Morgan fingerprint density at radius 1 is 0.675 bits per heavy atom. The molecule has 0 fully saturated rings. The Balaban J connectivity index is 2.91. The summed E-state index contributed by atoms with van der Waals surface area (Å²) < 4.78 is 63.2. The molecule has 40 heavy (non-hydrogen) atoms. The maximum absolute atomic E-state index is 14.1. The van der Waals surface area contributed by atoms with Gasteiger partial charge in [0.1, 0.15) is 23.0 Å². The summed E-state index contributed by atoms with van der Waals surface area (Å²) in [5.74, 6) is -6.19. The molecule has 212 valence electrons. The fourth-order valence-electron chi connectivity index (χ4n) is 2.83. The van der Waals surface area contributed by atoms with Gasteiger partial charge in [0, 0.05) is 40.0 Å². The number of hydrogen-bond acceptors (Lipinski definition) is 8. The Morgan fingerprint density at radius 2 is 1.15 bits per heavy atom. The average molecular weight is 561 g/mol. The van der Waals surface area contributed by atoms with Crippen LogP contribution in [0.15, 0.2) is 66.8 Å². The van der Waals surface area contributed by atoms with E-state index in [0.29, 0.717) is 12.1 Å². The van der Waals surface area contributed by atoms with Crippen LogP contribution in [0.1, 0.15) is 40.2 Å². The molecular weight excluding hydrogens is 533 g/mol. The van der Waals surface area contributed by atoms with Crippen molar-refractivity contribution in [3.05, 3.63) is 72.4 Å². The van der Waals surface area contributed by atoms with Gasteiger partial charge in [-0.3, -0.25) is 4.79 Å². The van der Waals surface area contributed by atoms with Crippen molar-refractivity contribution in [2.75, 3.05) is 0 Å². The number of rotatable bonds is 9. The molecular formula is C29H27F3O8. The van der Waals surface area contributed by atoms with Crippen molar-refractivity contribution in [2.24, 2.45) is 5.92 Å². The largest absolute Gasteiger partial charge is 0.426 e. The van der Waals surface area contributed by atoms with Crippen molar-refractivity contribution in [1.29, 1.82) is 0 Å². The van der Waals surface area contributed by atoms with Crippen LogP contribution in [0.5, 0.6) is 23.0 Å². The molecule has 0 aliphatic rings. The van der Waals surface area contributed by atoms with Gasteiger partial charge in [0.05, 0.1) is 11.5 Å². The third kappa shape index (κ3) is 7.92. The minimum Gasteiger partial charge on any atom is -0.426 e. The molecule has 2 aromatic rings. The van der Waals surface area contributed by atoms with Crippen molar-refractivity contribution in [3.8, 4) is 34.1 Å². The second-order valence-electron chi connectivity index (χ2n) is 9.09. The highest BCUT2D eigenvalue weighted by molar-refractivity contribution is 5.93. The van der Waals surface area contributed by atoms with E-state index in [9.17, 15) is 32.3 Å². The predicted octanol–water partition coefficient (Wildman–Crippen LogP) is 6.38. The summed E-state index contributed by atoms with van der Waals surface area (Å²) in [6.07, 6.45) is -5.04. The predicted molar refractivity (Wildman–Crippen MR) is 139 cm³/mol. The van der Waals surface area contributed by atoms with Gasteiger partial charge in [-0.1, -0.05) is 33.6 Å². The molecule has 0 aliphatic carbocycles. The summed E-state index contributed by atoms with van der Waals surface area (Å²) in [5, 5.41) is 0. The Kier molecular flexibility index (Phi) is 9.82. The number of halogens is 3. The molecule has 0 aliphatic heterocycles. The van der Waals surface area contributed by atoms with E-state index in [4.69, 9.17) is 18.9 Å². The molecule has 0 heterocycles. The molecule has 0 unspecified atom stereocenters. The van der Waals surface area contributed by atoms with E-state index in [1.54, 1.807) is 0 Å². The minimum atomic E-state index is -5.04. The van der Waals surface area contributed by atoms with Crippen molar-refractivity contribution in [3.63, 3.8) is 0 Å². The fraction of sp³-hybridized carbons (Fsp3) is 0.241. The number of esters is 4. The Morgan fingerprint density at radius 3 is 1.62 bits per heavy atom. The highest BCUT2D eigenvalue weighted by Gasteiger charge is 2.37. The lowest BCUT2D eigenvalue weighted by Crippen LogP contribution is -2.17. The molecule has 2 rings (SSSR count). The van der Waals surface area contributed by atoms with E-state index < -0.39 is 53.0 Å². The van der Waals surface area contributed by atoms with E-state index in [1.165, 1.54) is 46.8 Å². The molecule has 11 heteroatoms. The van der Waals surface area contributed by atoms with Gasteiger partial charge in [-0.05, 0) is 39.0 Å². The van der Waals surface area contributed by atoms with E-state index in [-0.39, 0.29) is 39.3 Å². The molecule has 0 atom stereocenters. The minimum absolute atomic E-state index is 0.0634. The van der Waals surface area contributed by atoms with Crippen LogP contribution in [0.25, 0.3) is 11.1 Å². The first-order valence-corrected chi connectivity index (χ1v) is 11.7. The molecule has 0 radical (unpaired) electrons. The Labute approximate surface area is 228 Å². The summed E-state index contributed by atoms with van der Waals surface area (Å²) in [6.45, 7) is 17.3. The lowest BCUT2D eigenvalue weighted by atomic mass is 9.99. The third-order valence-electron chi connectivity index (χ3n) is 4.97. The lowest BCUT2D eigenvalue weighted by Gasteiger charge is -2.20. The number of hydrogen-bond donors (Lipinski definition) is 0. The van der Waals surface area contributed by atoms with E-state index in [2.05, 4.69) is 19.7 Å². The van der Waals surface area contributed by atoms with E-state index >= 15 is 0 Å². The summed E-state index contributed by atoms with van der Waals surface area (Å²) in [7, 11) is 0. The SMILES string of the molecule is C=C(C)C(=O)Oc1ccc(-c2cc(C(F)(F)F)c(OC(=O)C(=C)C)cc2OC(=O)C(=C)C)c(OC(=O)C(C)C)c1. The van der Waals surface area contributed by atoms with Crippen molar-refractivity contribution >= 4 is 23.9 Å². The first-order valence-electron chi connectivity index (χ1n) is 11.7. The first-order chi connectivity index (χ1) is 18.4. The van der Waals surface area contributed by atoms with Gasteiger partial charge in [0.25, 0.3) is 0 Å². The molecule has 0 saturated heterocycles. The topological polar surface area (TPSA) is 105 Å². The van der Waals surface area contributed by atoms with Gasteiger partial charge in [-0.25, -0.2) is 14.4 Å². The molecule has 2 aromatic carbocycles. The van der Waals surface area contributed by atoms with Crippen LogP contribution in [0.3, 0.4) is 0 Å². The smallest absolute Gasteiger partial charge is 0.420 e. The van der Waals surface area contributed by atoms with Crippen LogP contribution < -0.4 is 18.9 Å². The molecule has 0 amide bonds. The van der Waals surface area contributed by atoms with Gasteiger partial charge in [-0.15, -0.1) is 0 Å². The third-order valence-corrected chi connectivity index (χ3v) is 4.97. The van der Waals surface area contributed by atoms with E-state index in [0.717, 1.165) is 6.07 Å². The summed E-state index contributed by atoms with van der Waals surface area (Å²) in [5.41, 5.74) is -2.10. The Hall–Kier alpha value is -4.67. The zero-order chi connectivity index (χ0) is 30.5. The Bertz CT molecular complexity index is 1420. The van der Waals surface area contributed by atoms with E-state index in [1.807, 2.05) is 0 Å². The van der Waals surface area contributed by atoms with Crippen LogP contribution in [-0.2, 0) is 25.4 Å². The van der Waals surface area contributed by atoms with Crippen LogP contribution in [0.4, 0.5) is 13.2 Å². The summed E-state index contributed by atoms with van der Waals surface area (Å²) in [4.78, 5) is 49.0. The standard InChI is InChI=1S/C29H27F3O8/c1-14(2)25(33)37-18-9-10-19(22(11-18)38-26(34)15(3)4)20-12-21(29(30,31)32)24(40-28(36)17(7)8)13-23(20)39-27(35)16(5)6/h9-13,15H,1,5,7H2,2-4,6,8H3. The molecule has 0 N–H and O–H groups in total. The summed E-state index contributed by atoms with van der Waals surface area (Å²) in [6, 6.07) is 4.84. The molecule has 0 spiro atoms. The van der Waals surface area contributed by atoms with Gasteiger partial charge < -0.3 is 18.9 Å². The second kappa shape index (κ2) is 12.5. The zero-order valence-corrected chi connectivity index (χ0v) is 22.5. The lowest BCUT2D eigenvalue weighted by molar-refractivity contribution is -0.141. The van der Waals surface area contributed by atoms with Crippen LogP contribution >= 0.6 is 0 Å².